The molecule has 1 amide bonds. The van der Waals surface area contributed by atoms with Gasteiger partial charge in [-0.15, -0.1) is 0 Å². The van der Waals surface area contributed by atoms with Crippen LogP contribution < -0.4 is 4.74 Å². The quantitative estimate of drug-likeness (QED) is 0.783. The molecular formula is C12H15NO5. The molecule has 0 aliphatic heterocycles. The molecule has 0 fully saturated rings. The molecule has 1 atom stereocenters. The van der Waals surface area contributed by atoms with Gasteiger partial charge in [0, 0.05) is 12.6 Å². The van der Waals surface area contributed by atoms with Gasteiger partial charge in [-0.3, -0.25) is 4.79 Å². The molecule has 0 aliphatic rings. The topological polar surface area (TPSA) is 87.1 Å². The van der Waals surface area contributed by atoms with Crippen molar-refractivity contribution in [3.8, 4) is 5.75 Å². The molecule has 1 rings (SSSR count). The number of ether oxygens (including phenoxy) is 1. The maximum absolute atomic E-state index is 12.0. The molecule has 0 bridgehead atoms. The second-order valence-corrected chi connectivity index (χ2v) is 3.68. The summed E-state index contributed by atoms with van der Waals surface area (Å²) >= 11 is 0. The Labute approximate surface area is 104 Å². The number of carboxylic acids is 1. The van der Waals surface area contributed by atoms with Gasteiger partial charge in [-0.05, 0) is 24.3 Å². The lowest BCUT2D eigenvalue weighted by atomic mass is 10.1. The van der Waals surface area contributed by atoms with E-state index in [0.29, 0.717) is 11.3 Å². The number of benzene rings is 1. The van der Waals surface area contributed by atoms with E-state index in [9.17, 15) is 9.59 Å². The number of hydrogen-bond acceptors (Lipinski definition) is 4. The normalized spacial score (nSPS) is 11.7. The number of hydrogen-bond donors (Lipinski definition) is 2. The summed E-state index contributed by atoms with van der Waals surface area (Å²) in [5.41, 5.74) is 0.331. The predicted molar refractivity (Wildman–Crippen MR) is 63.6 cm³/mol. The van der Waals surface area contributed by atoms with E-state index in [-0.39, 0.29) is 0 Å². The zero-order chi connectivity index (χ0) is 13.7. The zero-order valence-corrected chi connectivity index (χ0v) is 10.2. The van der Waals surface area contributed by atoms with Crippen molar-refractivity contribution >= 4 is 11.9 Å². The van der Waals surface area contributed by atoms with E-state index in [1.54, 1.807) is 12.1 Å². The summed E-state index contributed by atoms with van der Waals surface area (Å²) < 4.78 is 4.96. The molecule has 0 aromatic heterocycles. The van der Waals surface area contributed by atoms with Gasteiger partial charge in [0.15, 0.2) is 6.04 Å². The summed E-state index contributed by atoms with van der Waals surface area (Å²) in [6.07, 6.45) is 0. The minimum atomic E-state index is -1.25. The summed E-state index contributed by atoms with van der Waals surface area (Å²) in [5, 5.41) is 17.8. The van der Waals surface area contributed by atoms with Gasteiger partial charge in [-0.2, -0.15) is 0 Å². The monoisotopic (exact) mass is 253 g/mol. The number of carboxylic acid groups (broad SMARTS) is 1. The van der Waals surface area contributed by atoms with Crippen molar-refractivity contribution in [1.82, 2.24) is 4.90 Å². The number of likely N-dealkylation sites (N-methyl/N-ethyl adjacent to an activating group) is 1. The van der Waals surface area contributed by atoms with Crippen LogP contribution in [0.25, 0.3) is 0 Å². The summed E-state index contributed by atoms with van der Waals surface area (Å²) in [4.78, 5) is 23.8. The van der Waals surface area contributed by atoms with Gasteiger partial charge in [0.1, 0.15) is 5.75 Å². The first-order valence-corrected chi connectivity index (χ1v) is 5.26. The standard InChI is InChI=1S/C12H15NO5/c1-13(10(7-14)12(16)17)11(15)8-3-5-9(18-2)6-4-8/h3-6,10,14H,7H2,1-2H3,(H,16,17). The van der Waals surface area contributed by atoms with Crippen LogP contribution in [0.15, 0.2) is 24.3 Å². The molecule has 2 N–H and O–H groups in total. The molecule has 0 aliphatic carbocycles. The van der Waals surface area contributed by atoms with Crippen LogP contribution in [-0.4, -0.2) is 53.8 Å². The van der Waals surface area contributed by atoms with Gasteiger partial charge < -0.3 is 19.8 Å². The van der Waals surface area contributed by atoms with Crippen LogP contribution in [0.3, 0.4) is 0 Å². The number of aliphatic carboxylic acids is 1. The molecule has 98 valence electrons. The number of rotatable bonds is 5. The van der Waals surface area contributed by atoms with Crippen LogP contribution in [0.5, 0.6) is 5.75 Å². The molecule has 0 radical (unpaired) electrons. The van der Waals surface area contributed by atoms with Crippen molar-refractivity contribution in [1.29, 1.82) is 0 Å². The molecule has 1 aromatic carbocycles. The number of nitrogens with zero attached hydrogens (tertiary/aromatic N) is 1. The fourth-order valence-electron chi connectivity index (χ4n) is 1.44. The lowest BCUT2D eigenvalue weighted by Crippen LogP contribution is -2.44. The van der Waals surface area contributed by atoms with Gasteiger partial charge in [0.25, 0.3) is 5.91 Å². The molecule has 1 aromatic rings. The van der Waals surface area contributed by atoms with Crippen molar-refractivity contribution < 1.29 is 24.5 Å². The zero-order valence-electron chi connectivity index (χ0n) is 10.2. The first-order chi connectivity index (χ1) is 8.51. The average molecular weight is 253 g/mol. The third-order valence-electron chi connectivity index (χ3n) is 2.58. The Morgan fingerprint density at radius 1 is 1.33 bits per heavy atom. The smallest absolute Gasteiger partial charge is 0.328 e. The third kappa shape index (κ3) is 2.98. The maximum Gasteiger partial charge on any atom is 0.328 e. The molecule has 0 spiro atoms. The predicted octanol–water partition coefficient (Wildman–Crippen LogP) is 0.213. The van der Waals surface area contributed by atoms with Gasteiger partial charge in [0.2, 0.25) is 0 Å². The van der Waals surface area contributed by atoms with Crippen LogP contribution in [-0.2, 0) is 4.79 Å². The molecule has 0 heterocycles. The molecular weight excluding hydrogens is 238 g/mol. The first-order valence-electron chi connectivity index (χ1n) is 5.26. The van der Waals surface area contributed by atoms with Crippen molar-refractivity contribution in [2.45, 2.75) is 6.04 Å². The van der Waals surface area contributed by atoms with E-state index < -0.39 is 24.5 Å². The Morgan fingerprint density at radius 2 is 1.89 bits per heavy atom. The van der Waals surface area contributed by atoms with Crippen LogP contribution in [0.1, 0.15) is 10.4 Å². The second-order valence-electron chi connectivity index (χ2n) is 3.68. The van der Waals surface area contributed by atoms with E-state index in [4.69, 9.17) is 14.9 Å². The minimum Gasteiger partial charge on any atom is -0.497 e. The summed E-state index contributed by atoms with van der Waals surface area (Å²) in [6.45, 7) is -0.631. The third-order valence-corrected chi connectivity index (χ3v) is 2.58. The minimum absolute atomic E-state index is 0.331. The fraction of sp³-hybridized carbons (Fsp3) is 0.333. The number of aliphatic hydroxyl groups excluding tert-OH is 1. The highest BCUT2D eigenvalue weighted by Crippen LogP contribution is 2.13. The maximum atomic E-state index is 12.0. The second kappa shape index (κ2) is 6.02. The van der Waals surface area contributed by atoms with Crippen molar-refractivity contribution in [3.05, 3.63) is 29.8 Å². The van der Waals surface area contributed by atoms with E-state index in [2.05, 4.69) is 0 Å². The summed E-state index contributed by atoms with van der Waals surface area (Å²) in [7, 11) is 2.84. The molecule has 0 saturated heterocycles. The largest absolute Gasteiger partial charge is 0.497 e. The molecule has 6 heteroatoms. The number of methoxy groups -OCH3 is 1. The molecule has 18 heavy (non-hydrogen) atoms. The summed E-state index contributed by atoms with van der Waals surface area (Å²) in [5.74, 6) is -1.12. The highest BCUT2D eigenvalue weighted by molar-refractivity contribution is 5.96. The van der Waals surface area contributed by atoms with Gasteiger partial charge in [0.05, 0.1) is 13.7 Å². The van der Waals surface area contributed by atoms with Crippen molar-refractivity contribution in [2.24, 2.45) is 0 Å². The number of amides is 1. The molecule has 0 saturated carbocycles. The number of aliphatic hydroxyl groups is 1. The van der Waals surface area contributed by atoms with E-state index in [1.807, 2.05) is 0 Å². The first kappa shape index (κ1) is 14.0. The van der Waals surface area contributed by atoms with Gasteiger partial charge in [-0.1, -0.05) is 0 Å². The van der Waals surface area contributed by atoms with Gasteiger partial charge in [-0.25, -0.2) is 4.79 Å². The highest BCUT2D eigenvalue weighted by Gasteiger charge is 2.26. The van der Waals surface area contributed by atoms with E-state index >= 15 is 0 Å². The van der Waals surface area contributed by atoms with E-state index in [1.165, 1.54) is 26.3 Å². The van der Waals surface area contributed by atoms with Gasteiger partial charge >= 0.3 is 5.97 Å². The lowest BCUT2D eigenvalue weighted by molar-refractivity contribution is -0.143. The Balaban J connectivity index is 2.88. The Morgan fingerprint density at radius 3 is 2.28 bits per heavy atom. The SMILES string of the molecule is COc1ccc(C(=O)N(C)C(CO)C(=O)O)cc1. The highest BCUT2D eigenvalue weighted by atomic mass is 16.5. The van der Waals surface area contributed by atoms with Crippen LogP contribution in [0.4, 0.5) is 0 Å². The van der Waals surface area contributed by atoms with E-state index in [0.717, 1.165) is 4.90 Å². The molecule has 6 nitrogen and oxygen atoms in total. The van der Waals surface area contributed by atoms with Crippen LogP contribution in [0, 0.1) is 0 Å². The van der Waals surface area contributed by atoms with Crippen LogP contribution in [0.2, 0.25) is 0 Å². The lowest BCUT2D eigenvalue weighted by Gasteiger charge is -2.23. The van der Waals surface area contributed by atoms with Crippen molar-refractivity contribution in [3.63, 3.8) is 0 Å². The number of carbonyl (C=O) groups is 2. The Kier molecular flexibility index (Phi) is 4.67. The molecule has 1 unspecified atom stereocenters. The summed E-state index contributed by atoms with van der Waals surface area (Å²) in [6, 6.07) is 5.03. The van der Waals surface area contributed by atoms with Crippen molar-refractivity contribution in [2.75, 3.05) is 20.8 Å². The van der Waals surface area contributed by atoms with Crippen LogP contribution >= 0.6 is 0 Å². The Hall–Kier alpha value is -2.08. The average Bonchev–Trinajstić information content (AvgIpc) is 2.38. The number of carbonyl (C=O) groups excluding carboxylic acids is 1. The Bertz CT molecular complexity index is 429. The fourth-order valence-corrected chi connectivity index (χ4v) is 1.44.